The van der Waals surface area contributed by atoms with Gasteiger partial charge >= 0.3 is 0 Å². The van der Waals surface area contributed by atoms with E-state index in [2.05, 4.69) is 15.9 Å². The molecule has 3 heteroatoms. The Labute approximate surface area is 111 Å². The second-order valence-corrected chi connectivity index (χ2v) is 6.58. The molecule has 18 heavy (non-hydrogen) atoms. The minimum Gasteiger partial charge on any atom is -0.301 e. The highest BCUT2D eigenvalue weighted by molar-refractivity contribution is 4.93. The second kappa shape index (κ2) is 5.19. The van der Waals surface area contributed by atoms with Gasteiger partial charge in [0.1, 0.15) is 0 Å². The lowest BCUT2D eigenvalue weighted by Crippen LogP contribution is -2.50. The fraction of sp³-hybridized carbons (Fsp3) is 0.933. The van der Waals surface area contributed by atoms with Crippen molar-refractivity contribution in [3.05, 3.63) is 0 Å². The van der Waals surface area contributed by atoms with Gasteiger partial charge < -0.3 is 4.90 Å². The molecule has 3 rings (SSSR count). The predicted octanol–water partition coefficient (Wildman–Crippen LogP) is 1.95. The van der Waals surface area contributed by atoms with E-state index >= 15 is 0 Å². The summed E-state index contributed by atoms with van der Waals surface area (Å²) in [5.74, 6) is 3.11. The monoisotopic (exact) mass is 247 g/mol. The first-order valence-electron chi connectivity index (χ1n) is 7.62. The molecule has 3 fully saturated rings. The average molecular weight is 247 g/mol. The molecule has 2 saturated carbocycles. The summed E-state index contributed by atoms with van der Waals surface area (Å²) >= 11 is 0. The molecule has 0 radical (unpaired) electrons. The molecule has 1 aliphatic heterocycles. The van der Waals surface area contributed by atoms with E-state index in [-0.39, 0.29) is 6.04 Å². The molecule has 0 aromatic carbocycles. The van der Waals surface area contributed by atoms with Gasteiger partial charge in [0, 0.05) is 32.7 Å². The Balaban J connectivity index is 1.45. The number of nitriles is 1. The molecule has 1 saturated heterocycles. The van der Waals surface area contributed by atoms with E-state index in [0.717, 1.165) is 30.8 Å². The Hall–Kier alpha value is -0.590. The standard InChI is InChI=1S/C15H25N3/c1-12(10-16)18-6-4-17(5-7-18)11-15-9-13-2-3-14(15)8-13/h12-15H,2-9,11H2,1H3. The van der Waals surface area contributed by atoms with Crippen molar-refractivity contribution in [2.75, 3.05) is 32.7 Å². The zero-order valence-corrected chi connectivity index (χ0v) is 11.5. The third-order valence-corrected chi connectivity index (χ3v) is 5.52. The summed E-state index contributed by atoms with van der Waals surface area (Å²) in [7, 11) is 0. The fourth-order valence-corrected chi connectivity index (χ4v) is 4.35. The van der Waals surface area contributed by atoms with Crippen molar-refractivity contribution in [3.8, 4) is 6.07 Å². The molecule has 4 atom stereocenters. The van der Waals surface area contributed by atoms with E-state index in [1.165, 1.54) is 45.3 Å². The summed E-state index contributed by atoms with van der Waals surface area (Å²) in [6, 6.07) is 2.44. The van der Waals surface area contributed by atoms with Crippen molar-refractivity contribution >= 4 is 0 Å². The van der Waals surface area contributed by atoms with Gasteiger partial charge in [-0.25, -0.2) is 0 Å². The summed E-state index contributed by atoms with van der Waals surface area (Å²) in [5.41, 5.74) is 0. The lowest BCUT2D eigenvalue weighted by Gasteiger charge is -2.38. The molecule has 0 aromatic rings. The summed E-state index contributed by atoms with van der Waals surface area (Å²) in [4.78, 5) is 4.96. The number of piperazine rings is 1. The van der Waals surface area contributed by atoms with Gasteiger partial charge in [0.2, 0.25) is 0 Å². The first kappa shape index (κ1) is 12.4. The largest absolute Gasteiger partial charge is 0.301 e. The Morgan fingerprint density at radius 1 is 1.17 bits per heavy atom. The van der Waals surface area contributed by atoms with Crippen LogP contribution in [-0.2, 0) is 0 Å². The van der Waals surface area contributed by atoms with Gasteiger partial charge in [0.25, 0.3) is 0 Å². The molecule has 3 aliphatic rings. The lowest BCUT2D eigenvalue weighted by atomic mass is 9.88. The minimum absolute atomic E-state index is 0.0923. The number of nitrogens with zero attached hydrogens (tertiary/aromatic N) is 3. The van der Waals surface area contributed by atoms with Crippen LogP contribution >= 0.6 is 0 Å². The van der Waals surface area contributed by atoms with Crippen LogP contribution in [-0.4, -0.2) is 48.6 Å². The van der Waals surface area contributed by atoms with Crippen molar-refractivity contribution in [1.29, 1.82) is 5.26 Å². The van der Waals surface area contributed by atoms with Crippen molar-refractivity contribution in [2.45, 2.75) is 38.6 Å². The van der Waals surface area contributed by atoms with E-state index in [4.69, 9.17) is 5.26 Å². The van der Waals surface area contributed by atoms with Gasteiger partial charge in [0.15, 0.2) is 0 Å². The van der Waals surface area contributed by atoms with Crippen molar-refractivity contribution in [1.82, 2.24) is 9.80 Å². The smallest absolute Gasteiger partial charge is 0.0950 e. The highest BCUT2D eigenvalue weighted by Crippen LogP contribution is 2.48. The van der Waals surface area contributed by atoms with E-state index in [9.17, 15) is 0 Å². The van der Waals surface area contributed by atoms with Gasteiger partial charge in [-0.3, -0.25) is 4.90 Å². The van der Waals surface area contributed by atoms with E-state index < -0.39 is 0 Å². The average Bonchev–Trinajstić information content (AvgIpc) is 3.01. The van der Waals surface area contributed by atoms with E-state index in [1.54, 1.807) is 0 Å². The van der Waals surface area contributed by atoms with Crippen LogP contribution in [0.2, 0.25) is 0 Å². The maximum Gasteiger partial charge on any atom is 0.0950 e. The molecule has 2 bridgehead atoms. The molecule has 1 heterocycles. The maximum atomic E-state index is 8.95. The fourth-order valence-electron chi connectivity index (χ4n) is 4.35. The molecule has 0 amide bonds. The topological polar surface area (TPSA) is 30.3 Å². The molecular formula is C15H25N3. The molecule has 3 nitrogen and oxygen atoms in total. The van der Waals surface area contributed by atoms with Crippen LogP contribution in [0.3, 0.4) is 0 Å². The van der Waals surface area contributed by atoms with E-state index in [0.29, 0.717) is 0 Å². The highest BCUT2D eigenvalue weighted by Gasteiger charge is 2.40. The van der Waals surface area contributed by atoms with Gasteiger partial charge in [0.05, 0.1) is 12.1 Å². The van der Waals surface area contributed by atoms with Crippen LogP contribution in [0, 0.1) is 29.1 Å². The molecule has 100 valence electrons. The van der Waals surface area contributed by atoms with Crippen molar-refractivity contribution in [3.63, 3.8) is 0 Å². The molecule has 0 N–H and O–H groups in total. The number of hydrogen-bond donors (Lipinski definition) is 0. The molecule has 2 aliphatic carbocycles. The maximum absolute atomic E-state index is 8.95. The van der Waals surface area contributed by atoms with Gasteiger partial charge in [-0.1, -0.05) is 6.42 Å². The Kier molecular flexibility index (Phi) is 3.59. The predicted molar refractivity (Wildman–Crippen MR) is 72.0 cm³/mol. The number of hydrogen-bond acceptors (Lipinski definition) is 3. The van der Waals surface area contributed by atoms with Gasteiger partial charge in [-0.2, -0.15) is 5.26 Å². The van der Waals surface area contributed by atoms with Gasteiger partial charge in [-0.05, 0) is 43.9 Å². The Morgan fingerprint density at radius 3 is 2.50 bits per heavy atom. The lowest BCUT2D eigenvalue weighted by molar-refractivity contribution is 0.0959. The third-order valence-electron chi connectivity index (χ3n) is 5.52. The minimum atomic E-state index is 0.0923. The molecule has 0 spiro atoms. The summed E-state index contributed by atoms with van der Waals surface area (Å²) in [6.45, 7) is 7.84. The molecular weight excluding hydrogens is 222 g/mol. The summed E-state index contributed by atoms with van der Waals surface area (Å²) in [6.07, 6.45) is 6.03. The van der Waals surface area contributed by atoms with Crippen molar-refractivity contribution in [2.24, 2.45) is 17.8 Å². The number of rotatable bonds is 3. The van der Waals surface area contributed by atoms with Crippen LogP contribution in [0.1, 0.15) is 32.6 Å². The zero-order chi connectivity index (χ0) is 12.5. The highest BCUT2D eigenvalue weighted by atomic mass is 15.3. The van der Waals surface area contributed by atoms with E-state index in [1.807, 2.05) is 6.92 Å². The normalized spacial score (nSPS) is 38.8. The summed E-state index contributed by atoms with van der Waals surface area (Å²) in [5, 5.41) is 8.95. The zero-order valence-electron chi connectivity index (χ0n) is 11.5. The Bertz CT molecular complexity index is 327. The van der Waals surface area contributed by atoms with Gasteiger partial charge in [-0.15, -0.1) is 0 Å². The van der Waals surface area contributed by atoms with Crippen LogP contribution in [0.15, 0.2) is 0 Å². The first-order valence-corrected chi connectivity index (χ1v) is 7.62. The summed E-state index contributed by atoms with van der Waals surface area (Å²) < 4.78 is 0. The van der Waals surface area contributed by atoms with Crippen LogP contribution in [0.5, 0.6) is 0 Å². The first-order chi connectivity index (χ1) is 8.76. The molecule has 0 aromatic heterocycles. The SMILES string of the molecule is CC(C#N)N1CCN(CC2CC3CCC2C3)CC1. The van der Waals surface area contributed by atoms with Crippen molar-refractivity contribution < 1.29 is 0 Å². The van der Waals surface area contributed by atoms with Crippen LogP contribution < -0.4 is 0 Å². The third kappa shape index (κ3) is 2.41. The van der Waals surface area contributed by atoms with Crippen LogP contribution in [0.25, 0.3) is 0 Å². The molecule has 4 unspecified atom stereocenters. The number of fused-ring (bicyclic) bond motifs is 2. The second-order valence-electron chi connectivity index (χ2n) is 6.58. The Morgan fingerprint density at radius 2 is 1.94 bits per heavy atom. The quantitative estimate of drug-likeness (QED) is 0.763. The van der Waals surface area contributed by atoms with Crippen LogP contribution in [0.4, 0.5) is 0 Å².